The van der Waals surface area contributed by atoms with Gasteiger partial charge in [0.25, 0.3) is 5.56 Å². The lowest BCUT2D eigenvalue weighted by Gasteiger charge is -2.17. The summed E-state index contributed by atoms with van der Waals surface area (Å²) >= 11 is 1.44. The van der Waals surface area contributed by atoms with Crippen LogP contribution in [0.15, 0.2) is 34.7 Å². The molecule has 0 aliphatic heterocycles. The van der Waals surface area contributed by atoms with Crippen molar-refractivity contribution >= 4 is 27.5 Å². The smallest absolute Gasteiger partial charge is 0.329 e. The maximum atomic E-state index is 13.2. The zero-order valence-corrected chi connectivity index (χ0v) is 17.1. The second-order valence-corrected chi connectivity index (χ2v) is 7.78. The Labute approximate surface area is 162 Å². The summed E-state index contributed by atoms with van der Waals surface area (Å²) in [6.07, 6.45) is 1.99. The molecule has 2 heterocycles. The van der Waals surface area contributed by atoms with Gasteiger partial charge in [0.2, 0.25) is 0 Å². The highest BCUT2D eigenvalue weighted by atomic mass is 32.1. The average Bonchev–Trinajstić information content (AvgIpc) is 3.08. The Morgan fingerprint density at radius 3 is 2.67 bits per heavy atom. The van der Waals surface area contributed by atoms with Crippen molar-refractivity contribution in [1.29, 1.82) is 0 Å². The third-order valence-corrected chi connectivity index (χ3v) is 5.87. The van der Waals surface area contributed by atoms with E-state index in [-0.39, 0.29) is 11.7 Å². The molecule has 0 saturated heterocycles. The van der Waals surface area contributed by atoms with Crippen molar-refractivity contribution in [3.05, 3.63) is 51.4 Å². The van der Waals surface area contributed by atoms with Crippen molar-refractivity contribution in [2.45, 2.75) is 53.2 Å². The van der Waals surface area contributed by atoms with E-state index in [2.05, 4.69) is 31.0 Å². The van der Waals surface area contributed by atoms with Gasteiger partial charge < -0.3 is 4.74 Å². The number of fused-ring (bicyclic) bond motifs is 1. The maximum Gasteiger partial charge on any atom is 0.329 e. The summed E-state index contributed by atoms with van der Waals surface area (Å²) in [5.41, 5.74) is 3.99. The minimum absolute atomic E-state index is 0.181. The van der Waals surface area contributed by atoms with Crippen molar-refractivity contribution in [2.24, 2.45) is 0 Å². The van der Waals surface area contributed by atoms with E-state index < -0.39 is 12.0 Å². The Morgan fingerprint density at radius 1 is 1.26 bits per heavy atom. The molecule has 6 heteroatoms. The fourth-order valence-electron chi connectivity index (χ4n) is 2.84. The first kappa shape index (κ1) is 19.3. The summed E-state index contributed by atoms with van der Waals surface area (Å²) in [6, 6.07) is 5.42. The van der Waals surface area contributed by atoms with E-state index >= 15 is 0 Å². The first-order valence-electron chi connectivity index (χ1n) is 9.10. The molecule has 27 heavy (non-hydrogen) atoms. The second kappa shape index (κ2) is 7.64. The van der Waals surface area contributed by atoms with Crippen LogP contribution >= 0.6 is 11.3 Å². The molecule has 5 nitrogen and oxygen atoms in total. The van der Waals surface area contributed by atoms with Crippen molar-refractivity contribution in [1.82, 2.24) is 9.55 Å². The molecule has 3 rings (SSSR count). The van der Waals surface area contributed by atoms with Gasteiger partial charge in [0, 0.05) is 10.9 Å². The average molecular weight is 385 g/mol. The Morgan fingerprint density at radius 2 is 2.00 bits per heavy atom. The molecule has 2 atom stereocenters. The van der Waals surface area contributed by atoms with Gasteiger partial charge in [0.1, 0.15) is 10.9 Å². The highest BCUT2D eigenvalue weighted by Gasteiger charge is 2.22. The second-order valence-electron chi connectivity index (χ2n) is 6.92. The molecule has 0 unspecified atom stereocenters. The van der Waals surface area contributed by atoms with Crippen LogP contribution in [0, 0.1) is 13.8 Å². The summed E-state index contributed by atoms with van der Waals surface area (Å²) in [5, 5.41) is 2.50. The summed E-state index contributed by atoms with van der Waals surface area (Å²) in [6.45, 7) is 9.57. The van der Waals surface area contributed by atoms with Gasteiger partial charge in [-0.15, -0.1) is 11.3 Å². The van der Waals surface area contributed by atoms with Crippen molar-refractivity contribution in [2.75, 3.05) is 0 Å². The molecule has 0 aliphatic rings. The number of carbonyl (C=O) groups is 1. The molecule has 0 amide bonds. The Hall–Kier alpha value is -2.47. The lowest BCUT2D eigenvalue weighted by Crippen LogP contribution is -2.31. The predicted octanol–water partition coefficient (Wildman–Crippen LogP) is 4.64. The molecule has 0 saturated carbocycles. The topological polar surface area (TPSA) is 61.2 Å². The quantitative estimate of drug-likeness (QED) is 0.601. The Kier molecular flexibility index (Phi) is 5.46. The molecule has 0 N–H and O–H groups in total. The number of esters is 1. The van der Waals surface area contributed by atoms with E-state index in [1.54, 1.807) is 6.92 Å². The molecule has 0 radical (unpaired) electrons. The number of thiophene rings is 1. The summed E-state index contributed by atoms with van der Waals surface area (Å²) < 4.78 is 6.75. The third-order valence-electron chi connectivity index (χ3n) is 4.99. The summed E-state index contributed by atoms with van der Waals surface area (Å²) in [5.74, 6) is -0.421. The monoisotopic (exact) mass is 384 g/mol. The molecule has 3 aromatic rings. The van der Waals surface area contributed by atoms with Gasteiger partial charge in [-0.1, -0.05) is 25.1 Å². The number of benzene rings is 1. The SMILES string of the molecule is CC[C@@H](C)OC(=O)[C@@H](C)n1cnc2scc(-c3ccc(C)c(C)c3)c2c1=O. The van der Waals surface area contributed by atoms with Crippen molar-refractivity contribution < 1.29 is 9.53 Å². The molecular formula is C21H24N2O3S. The van der Waals surface area contributed by atoms with Gasteiger partial charge >= 0.3 is 5.97 Å². The molecule has 0 spiro atoms. The van der Waals surface area contributed by atoms with E-state index in [9.17, 15) is 9.59 Å². The van der Waals surface area contributed by atoms with Crippen LogP contribution in [0.25, 0.3) is 21.3 Å². The zero-order valence-electron chi connectivity index (χ0n) is 16.3. The molecule has 1 aromatic carbocycles. The van der Waals surface area contributed by atoms with E-state index in [1.165, 1.54) is 33.4 Å². The number of aromatic nitrogens is 2. The summed E-state index contributed by atoms with van der Waals surface area (Å²) in [7, 11) is 0. The molecule has 0 aliphatic carbocycles. The van der Waals surface area contributed by atoms with Gasteiger partial charge in [0.15, 0.2) is 0 Å². The number of ether oxygens (including phenoxy) is 1. The number of hydrogen-bond acceptors (Lipinski definition) is 5. The van der Waals surface area contributed by atoms with Gasteiger partial charge in [-0.05, 0) is 50.8 Å². The molecule has 142 valence electrons. The van der Waals surface area contributed by atoms with Crippen molar-refractivity contribution in [3.63, 3.8) is 0 Å². The number of hydrogen-bond donors (Lipinski definition) is 0. The normalized spacial score (nSPS) is 13.5. The molecular weight excluding hydrogens is 360 g/mol. The summed E-state index contributed by atoms with van der Waals surface area (Å²) in [4.78, 5) is 30.6. The van der Waals surface area contributed by atoms with Gasteiger partial charge in [-0.3, -0.25) is 9.36 Å². The molecule has 0 bridgehead atoms. The van der Waals surface area contributed by atoms with Crippen LogP contribution in [0.4, 0.5) is 0 Å². The van der Waals surface area contributed by atoms with Crippen LogP contribution in [0.2, 0.25) is 0 Å². The van der Waals surface area contributed by atoms with Gasteiger partial charge in [0.05, 0.1) is 17.8 Å². The van der Waals surface area contributed by atoms with Crippen LogP contribution in [0.1, 0.15) is 44.4 Å². The number of carbonyl (C=O) groups excluding carboxylic acids is 1. The fraction of sp³-hybridized carbons (Fsp3) is 0.381. The van der Waals surface area contributed by atoms with Crippen LogP contribution in [-0.4, -0.2) is 21.6 Å². The minimum atomic E-state index is -0.726. The number of rotatable bonds is 5. The number of nitrogens with zero attached hydrogens (tertiary/aromatic N) is 2. The standard InChI is InChI=1S/C21H24N2O3S/c1-6-14(4)26-21(25)15(5)23-11-22-19-18(20(23)24)17(10-27-19)16-8-7-12(2)13(3)9-16/h7-11,14-15H,6H2,1-5H3/t14-,15-/m1/s1. The lowest BCUT2D eigenvalue weighted by molar-refractivity contribution is -0.152. The van der Waals surface area contributed by atoms with Crippen molar-refractivity contribution in [3.8, 4) is 11.1 Å². The van der Waals surface area contributed by atoms with E-state index in [0.29, 0.717) is 10.2 Å². The van der Waals surface area contributed by atoms with E-state index in [4.69, 9.17) is 4.74 Å². The van der Waals surface area contributed by atoms with Crippen LogP contribution in [0.3, 0.4) is 0 Å². The first-order chi connectivity index (χ1) is 12.8. The maximum absolute atomic E-state index is 13.2. The predicted molar refractivity (Wildman–Crippen MR) is 109 cm³/mol. The number of aryl methyl sites for hydroxylation is 2. The highest BCUT2D eigenvalue weighted by Crippen LogP contribution is 2.32. The molecule has 0 fully saturated rings. The van der Waals surface area contributed by atoms with Crippen LogP contribution < -0.4 is 5.56 Å². The lowest BCUT2D eigenvalue weighted by atomic mass is 10.0. The highest BCUT2D eigenvalue weighted by molar-refractivity contribution is 7.17. The zero-order chi connectivity index (χ0) is 19.7. The van der Waals surface area contributed by atoms with E-state index in [0.717, 1.165) is 17.5 Å². The third kappa shape index (κ3) is 3.67. The Balaban J connectivity index is 2.08. The van der Waals surface area contributed by atoms with Crippen LogP contribution in [-0.2, 0) is 9.53 Å². The fourth-order valence-corrected chi connectivity index (χ4v) is 3.74. The largest absolute Gasteiger partial charge is 0.461 e. The van der Waals surface area contributed by atoms with Gasteiger partial charge in [-0.2, -0.15) is 0 Å². The van der Waals surface area contributed by atoms with E-state index in [1.807, 2.05) is 25.3 Å². The minimum Gasteiger partial charge on any atom is -0.461 e. The van der Waals surface area contributed by atoms with Gasteiger partial charge in [-0.25, -0.2) is 9.78 Å². The van der Waals surface area contributed by atoms with Crippen LogP contribution in [0.5, 0.6) is 0 Å². The first-order valence-corrected chi connectivity index (χ1v) is 9.97. The molecule has 2 aromatic heterocycles. The Bertz CT molecular complexity index is 1050.